The minimum Gasteiger partial charge on any atom is -0.369 e. The standard InChI is InChI=1S/C18H15ClN6O2/c19-17-13-16(25(26)27)7-8-18(17)23-22-14-3-5-15(6-4-14)24(11-1-9-20)12-2-10-21/h3-8,13H,1-2,11-12H2. The monoisotopic (exact) mass is 382 g/mol. The molecule has 0 unspecified atom stereocenters. The van der Waals surface area contributed by atoms with Crippen LogP contribution in [0.3, 0.4) is 0 Å². The Hall–Kier alpha value is -3.49. The first-order valence-corrected chi connectivity index (χ1v) is 8.37. The minimum absolute atomic E-state index is 0.113. The van der Waals surface area contributed by atoms with Crippen LogP contribution in [0.15, 0.2) is 52.7 Å². The predicted octanol–water partition coefficient (Wildman–Crippen LogP) is 5.30. The quantitative estimate of drug-likeness (QED) is 0.348. The van der Waals surface area contributed by atoms with Gasteiger partial charge in [-0.2, -0.15) is 15.6 Å². The molecule has 0 aliphatic heterocycles. The van der Waals surface area contributed by atoms with Gasteiger partial charge in [-0.25, -0.2) is 0 Å². The van der Waals surface area contributed by atoms with Gasteiger partial charge in [-0.05, 0) is 30.3 Å². The van der Waals surface area contributed by atoms with Gasteiger partial charge in [0.2, 0.25) is 0 Å². The van der Waals surface area contributed by atoms with Crippen molar-refractivity contribution < 1.29 is 4.92 Å². The molecule has 2 rings (SSSR count). The van der Waals surface area contributed by atoms with Crippen LogP contribution in [0.4, 0.5) is 22.7 Å². The zero-order valence-electron chi connectivity index (χ0n) is 14.2. The molecule has 0 radical (unpaired) electrons. The van der Waals surface area contributed by atoms with Gasteiger partial charge >= 0.3 is 0 Å². The second-order valence-electron chi connectivity index (χ2n) is 5.41. The van der Waals surface area contributed by atoms with Gasteiger partial charge in [-0.1, -0.05) is 11.6 Å². The third kappa shape index (κ3) is 5.77. The van der Waals surface area contributed by atoms with Crippen molar-refractivity contribution in [2.24, 2.45) is 10.2 Å². The van der Waals surface area contributed by atoms with E-state index >= 15 is 0 Å². The lowest BCUT2D eigenvalue weighted by Crippen LogP contribution is -2.25. The number of halogens is 1. The van der Waals surface area contributed by atoms with Crippen molar-refractivity contribution in [2.75, 3.05) is 18.0 Å². The number of hydrogen-bond acceptors (Lipinski definition) is 7. The molecule has 0 atom stereocenters. The molecule has 0 aliphatic carbocycles. The summed E-state index contributed by atoms with van der Waals surface area (Å²) in [5.41, 5.74) is 1.68. The van der Waals surface area contributed by atoms with E-state index in [-0.39, 0.29) is 10.7 Å². The molecule has 0 aromatic heterocycles. The lowest BCUT2D eigenvalue weighted by molar-refractivity contribution is -0.384. The molecule has 0 saturated heterocycles. The van der Waals surface area contributed by atoms with Crippen molar-refractivity contribution in [3.8, 4) is 12.1 Å². The summed E-state index contributed by atoms with van der Waals surface area (Å²) in [5, 5.41) is 36.5. The first kappa shape index (κ1) is 19.8. The Morgan fingerprint density at radius 1 is 1.04 bits per heavy atom. The molecule has 27 heavy (non-hydrogen) atoms. The normalized spacial score (nSPS) is 10.3. The van der Waals surface area contributed by atoms with Crippen LogP contribution >= 0.6 is 11.6 Å². The van der Waals surface area contributed by atoms with E-state index < -0.39 is 4.92 Å². The molecule has 8 nitrogen and oxygen atoms in total. The van der Waals surface area contributed by atoms with Gasteiger partial charge in [0.15, 0.2) is 0 Å². The summed E-state index contributed by atoms with van der Waals surface area (Å²) in [6.45, 7) is 1.08. The molecule has 136 valence electrons. The number of hydrogen-bond donors (Lipinski definition) is 0. The molecule has 9 heteroatoms. The van der Waals surface area contributed by atoms with Gasteiger partial charge < -0.3 is 4.90 Å². The maximum atomic E-state index is 10.7. The number of anilines is 1. The summed E-state index contributed by atoms with van der Waals surface area (Å²) in [6, 6.07) is 15.3. The summed E-state index contributed by atoms with van der Waals surface area (Å²) >= 11 is 5.99. The Balaban J connectivity index is 2.12. The molecule has 0 bridgehead atoms. The van der Waals surface area contributed by atoms with Crippen LogP contribution in [0, 0.1) is 32.8 Å². The van der Waals surface area contributed by atoms with E-state index in [1.165, 1.54) is 18.2 Å². The Kier molecular flexibility index (Phi) is 7.24. The molecule has 0 amide bonds. The average molecular weight is 383 g/mol. The van der Waals surface area contributed by atoms with E-state index in [1.807, 2.05) is 17.0 Å². The Morgan fingerprint density at radius 2 is 1.67 bits per heavy atom. The highest BCUT2D eigenvalue weighted by molar-refractivity contribution is 6.33. The van der Waals surface area contributed by atoms with Crippen molar-refractivity contribution in [2.45, 2.75) is 12.8 Å². The lowest BCUT2D eigenvalue weighted by Gasteiger charge is -2.22. The van der Waals surface area contributed by atoms with Gasteiger partial charge in [0.05, 0.1) is 40.6 Å². The van der Waals surface area contributed by atoms with Gasteiger partial charge in [-0.3, -0.25) is 10.1 Å². The van der Waals surface area contributed by atoms with Crippen LogP contribution in [0.5, 0.6) is 0 Å². The van der Waals surface area contributed by atoms with E-state index in [9.17, 15) is 10.1 Å². The summed E-state index contributed by atoms with van der Waals surface area (Å²) in [4.78, 5) is 12.1. The Bertz CT molecular complexity index is 897. The molecule has 0 spiro atoms. The Morgan fingerprint density at radius 3 is 2.19 bits per heavy atom. The van der Waals surface area contributed by atoms with Gasteiger partial charge in [0, 0.05) is 30.9 Å². The predicted molar refractivity (Wildman–Crippen MR) is 101 cm³/mol. The molecule has 0 fully saturated rings. The second-order valence-corrected chi connectivity index (χ2v) is 5.82. The summed E-state index contributed by atoms with van der Waals surface area (Å²) < 4.78 is 0. The number of non-ortho nitro benzene ring substituents is 1. The first-order valence-electron chi connectivity index (χ1n) is 7.99. The third-order valence-corrected chi connectivity index (χ3v) is 3.92. The van der Waals surface area contributed by atoms with Crippen LogP contribution in [0.25, 0.3) is 0 Å². The molecule has 0 N–H and O–H groups in total. The van der Waals surface area contributed by atoms with E-state index in [4.69, 9.17) is 22.1 Å². The van der Waals surface area contributed by atoms with Crippen LogP contribution in [-0.4, -0.2) is 18.0 Å². The molecule has 0 saturated carbocycles. The maximum Gasteiger partial charge on any atom is 0.271 e. The number of nitriles is 2. The van der Waals surface area contributed by atoms with Crippen molar-refractivity contribution >= 4 is 34.4 Å². The second kappa shape index (κ2) is 9.85. The number of azo groups is 1. The fourth-order valence-corrected chi connectivity index (χ4v) is 2.48. The Labute approximate surface area is 161 Å². The van der Waals surface area contributed by atoms with Crippen molar-refractivity contribution in [1.29, 1.82) is 10.5 Å². The third-order valence-electron chi connectivity index (χ3n) is 3.62. The smallest absolute Gasteiger partial charge is 0.271 e. The number of nitrogens with zero attached hydrogens (tertiary/aromatic N) is 6. The highest BCUT2D eigenvalue weighted by Crippen LogP contribution is 2.30. The topological polar surface area (TPSA) is 119 Å². The van der Waals surface area contributed by atoms with Gasteiger partial charge in [0.25, 0.3) is 5.69 Å². The van der Waals surface area contributed by atoms with Crippen LogP contribution in [-0.2, 0) is 0 Å². The van der Waals surface area contributed by atoms with E-state index in [0.717, 1.165) is 5.69 Å². The zero-order valence-corrected chi connectivity index (χ0v) is 15.0. The number of rotatable bonds is 8. The number of nitro benzene ring substituents is 1. The maximum absolute atomic E-state index is 10.7. The lowest BCUT2D eigenvalue weighted by atomic mass is 10.2. The SMILES string of the molecule is N#CCCN(CCC#N)c1ccc(N=Nc2ccc([N+](=O)[O-])cc2Cl)cc1. The fraction of sp³-hybridized carbons (Fsp3) is 0.222. The number of benzene rings is 2. The van der Waals surface area contributed by atoms with E-state index in [2.05, 4.69) is 22.4 Å². The van der Waals surface area contributed by atoms with Crippen molar-refractivity contribution in [3.63, 3.8) is 0 Å². The fourth-order valence-electron chi connectivity index (χ4n) is 2.27. The molecular formula is C18H15ClN6O2. The van der Waals surface area contributed by atoms with Crippen LogP contribution in [0.1, 0.15) is 12.8 Å². The van der Waals surface area contributed by atoms with Gasteiger partial charge in [-0.15, -0.1) is 5.11 Å². The molecule has 2 aromatic carbocycles. The molecule has 0 heterocycles. The number of nitro groups is 1. The van der Waals surface area contributed by atoms with E-state index in [0.29, 0.717) is 37.3 Å². The largest absolute Gasteiger partial charge is 0.369 e. The van der Waals surface area contributed by atoms with Crippen molar-refractivity contribution in [1.82, 2.24) is 0 Å². The summed E-state index contributed by atoms with van der Waals surface area (Å²) in [5.74, 6) is 0. The highest BCUT2D eigenvalue weighted by Gasteiger charge is 2.09. The van der Waals surface area contributed by atoms with Gasteiger partial charge in [0.1, 0.15) is 5.69 Å². The minimum atomic E-state index is -0.532. The molecule has 0 aliphatic rings. The first-order chi connectivity index (χ1) is 13.0. The summed E-state index contributed by atoms with van der Waals surface area (Å²) in [6.07, 6.45) is 0.733. The molecular weight excluding hydrogens is 368 g/mol. The highest BCUT2D eigenvalue weighted by atomic mass is 35.5. The van der Waals surface area contributed by atoms with Crippen LogP contribution < -0.4 is 4.90 Å². The van der Waals surface area contributed by atoms with Crippen LogP contribution in [0.2, 0.25) is 5.02 Å². The average Bonchev–Trinajstić information content (AvgIpc) is 2.67. The molecule has 2 aromatic rings. The van der Waals surface area contributed by atoms with E-state index in [1.54, 1.807) is 12.1 Å². The zero-order chi connectivity index (χ0) is 19.6. The van der Waals surface area contributed by atoms with Crippen molar-refractivity contribution in [3.05, 3.63) is 57.6 Å². The summed E-state index contributed by atoms with van der Waals surface area (Å²) in [7, 11) is 0.